The molecule has 1 aromatic rings. The van der Waals surface area contributed by atoms with Gasteiger partial charge in [-0.15, -0.1) is 0 Å². The van der Waals surface area contributed by atoms with Crippen molar-refractivity contribution < 1.29 is 9.53 Å². The third kappa shape index (κ3) is 4.31. The fourth-order valence-corrected chi connectivity index (χ4v) is 2.00. The zero-order valence-electron chi connectivity index (χ0n) is 11.1. The summed E-state index contributed by atoms with van der Waals surface area (Å²) in [5.74, 6) is -0.245. The lowest BCUT2D eigenvalue weighted by atomic mass is 10.0. The lowest BCUT2D eigenvalue weighted by molar-refractivity contribution is -0.142. The van der Waals surface area contributed by atoms with E-state index >= 15 is 0 Å². The van der Waals surface area contributed by atoms with E-state index < -0.39 is 0 Å². The highest BCUT2D eigenvalue weighted by Crippen LogP contribution is 2.21. The van der Waals surface area contributed by atoms with Gasteiger partial charge in [-0.25, -0.2) is 0 Å². The molecule has 0 heterocycles. The number of hydrogen-bond donors (Lipinski definition) is 1. The van der Waals surface area contributed by atoms with Gasteiger partial charge in [0.25, 0.3) is 0 Å². The summed E-state index contributed by atoms with van der Waals surface area (Å²) in [4.78, 5) is 11.4. The topological polar surface area (TPSA) is 38.3 Å². The average molecular weight is 270 g/mol. The SMILES string of the molecule is CCCC(NC(C)C(=O)OC)c1ccc(Cl)cc1. The van der Waals surface area contributed by atoms with Gasteiger partial charge in [0, 0.05) is 11.1 Å². The van der Waals surface area contributed by atoms with Crippen molar-refractivity contribution >= 4 is 17.6 Å². The van der Waals surface area contributed by atoms with Gasteiger partial charge in [0.1, 0.15) is 6.04 Å². The van der Waals surface area contributed by atoms with E-state index in [0.29, 0.717) is 0 Å². The number of hydrogen-bond acceptors (Lipinski definition) is 3. The smallest absolute Gasteiger partial charge is 0.322 e. The summed E-state index contributed by atoms with van der Waals surface area (Å²) < 4.78 is 4.72. The second-order valence-electron chi connectivity index (χ2n) is 4.30. The van der Waals surface area contributed by atoms with Gasteiger partial charge in [-0.05, 0) is 31.0 Å². The molecule has 1 rings (SSSR count). The van der Waals surface area contributed by atoms with Gasteiger partial charge < -0.3 is 4.74 Å². The summed E-state index contributed by atoms with van der Waals surface area (Å²) in [6.45, 7) is 3.93. The van der Waals surface area contributed by atoms with Gasteiger partial charge in [-0.3, -0.25) is 10.1 Å². The van der Waals surface area contributed by atoms with Crippen molar-refractivity contribution in [1.29, 1.82) is 0 Å². The predicted molar refractivity (Wildman–Crippen MR) is 73.7 cm³/mol. The van der Waals surface area contributed by atoms with Crippen LogP contribution in [-0.2, 0) is 9.53 Å². The van der Waals surface area contributed by atoms with Crippen molar-refractivity contribution in [3.63, 3.8) is 0 Å². The third-order valence-corrected chi connectivity index (χ3v) is 3.11. The number of nitrogens with one attached hydrogen (secondary N) is 1. The zero-order chi connectivity index (χ0) is 13.5. The number of rotatable bonds is 6. The normalized spacial score (nSPS) is 14.0. The molecule has 0 radical (unpaired) electrons. The molecule has 0 aliphatic rings. The zero-order valence-corrected chi connectivity index (χ0v) is 11.8. The van der Waals surface area contributed by atoms with Gasteiger partial charge in [0.2, 0.25) is 0 Å². The molecule has 1 aromatic carbocycles. The summed E-state index contributed by atoms with van der Waals surface area (Å²) in [7, 11) is 1.40. The van der Waals surface area contributed by atoms with E-state index in [-0.39, 0.29) is 18.1 Å². The van der Waals surface area contributed by atoms with Crippen LogP contribution in [0, 0.1) is 0 Å². The molecule has 0 aromatic heterocycles. The molecule has 100 valence electrons. The molecular weight excluding hydrogens is 250 g/mol. The summed E-state index contributed by atoms with van der Waals surface area (Å²) in [5, 5.41) is 4.00. The number of methoxy groups -OCH3 is 1. The van der Waals surface area contributed by atoms with Crippen LogP contribution in [0.5, 0.6) is 0 Å². The van der Waals surface area contributed by atoms with Crippen molar-refractivity contribution in [2.24, 2.45) is 0 Å². The van der Waals surface area contributed by atoms with Crippen LogP contribution in [-0.4, -0.2) is 19.1 Å². The molecule has 0 bridgehead atoms. The number of esters is 1. The number of carbonyl (C=O) groups is 1. The van der Waals surface area contributed by atoms with Crippen LogP contribution in [0.1, 0.15) is 38.3 Å². The highest BCUT2D eigenvalue weighted by Gasteiger charge is 2.18. The molecule has 0 saturated carbocycles. The molecule has 2 unspecified atom stereocenters. The first-order valence-corrected chi connectivity index (χ1v) is 6.55. The Morgan fingerprint density at radius 3 is 2.50 bits per heavy atom. The van der Waals surface area contributed by atoms with Crippen molar-refractivity contribution in [2.45, 2.75) is 38.8 Å². The first kappa shape index (κ1) is 15.0. The van der Waals surface area contributed by atoms with E-state index in [0.717, 1.165) is 23.4 Å². The second kappa shape index (κ2) is 7.39. The lowest BCUT2D eigenvalue weighted by Gasteiger charge is -2.22. The molecule has 0 amide bonds. The average Bonchev–Trinajstić information content (AvgIpc) is 2.38. The van der Waals surface area contributed by atoms with Gasteiger partial charge in [-0.1, -0.05) is 37.1 Å². The highest BCUT2D eigenvalue weighted by molar-refractivity contribution is 6.30. The molecule has 0 aliphatic carbocycles. The van der Waals surface area contributed by atoms with Crippen molar-refractivity contribution in [3.8, 4) is 0 Å². The maximum absolute atomic E-state index is 11.4. The monoisotopic (exact) mass is 269 g/mol. The van der Waals surface area contributed by atoms with Crippen LogP contribution in [0.25, 0.3) is 0 Å². The van der Waals surface area contributed by atoms with Crippen LogP contribution in [0.3, 0.4) is 0 Å². The molecule has 0 saturated heterocycles. The van der Waals surface area contributed by atoms with Gasteiger partial charge in [0.15, 0.2) is 0 Å². The molecule has 4 heteroatoms. The predicted octanol–water partition coefficient (Wildman–Crippen LogP) is 3.33. The second-order valence-corrected chi connectivity index (χ2v) is 4.74. The van der Waals surface area contributed by atoms with Crippen LogP contribution in [0.4, 0.5) is 0 Å². The van der Waals surface area contributed by atoms with Crippen LogP contribution < -0.4 is 5.32 Å². The Morgan fingerprint density at radius 2 is 2.00 bits per heavy atom. The van der Waals surface area contributed by atoms with E-state index in [9.17, 15) is 4.79 Å². The molecule has 0 fully saturated rings. The molecule has 2 atom stereocenters. The first-order chi connectivity index (χ1) is 8.58. The van der Waals surface area contributed by atoms with Crippen molar-refractivity contribution in [2.75, 3.05) is 7.11 Å². The summed E-state index contributed by atoms with van der Waals surface area (Å²) in [5.41, 5.74) is 1.14. The van der Waals surface area contributed by atoms with Crippen LogP contribution >= 0.6 is 11.6 Å². The van der Waals surface area contributed by atoms with E-state index in [1.807, 2.05) is 31.2 Å². The Labute approximate surface area is 113 Å². The van der Waals surface area contributed by atoms with Gasteiger partial charge >= 0.3 is 5.97 Å². The molecule has 18 heavy (non-hydrogen) atoms. The summed E-state index contributed by atoms with van der Waals surface area (Å²) >= 11 is 5.88. The quantitative estimate of drug-likeness (QED) is 0.805. The first-order valence-electron chi connectivity index (χ1n) is 6.17. The Bertz CT molecular complexity index is 378. The molecule has 0 spiro atoms. The number of ether oxygens (including phenoxy) is 1. The number of halogens is 1. The van der Waals surface area contributed by atoms with Gasteiger partial charge in [-0.2, -0.15) is 0 Å². The Morgan fingerprint density at radius 1 is 1.39 bits per heavy atom. The number of benzene rings is 1. The van der Waals surface area contributed by atoms with Crippen LogP contribution in [0.15, 0.2) is 24.3 Å². The van der Waals surface area contributed by atoms with Crippen molar-refractivity contribution in [1.82, 2.24) is 5.32 Å². The fraction of sp³-hybridized carbons (Fsp3) is 0.500. The number of carbonyl (C=O) groups excluding carboxylic acids is 1. The Balaban J connectivity index is 2.76. The Hall–Kier alpha value is -1.06. The van der Waals surface area contributed by atoms with Crippen LogP contribution in [0.2, 0.25) is 5.02 Å². The summed E-state index contributed by atoms with van der Waals surface area (Å²) in [6.07, 6.45) is 2.00. The third-order valence-electron chi connectivity index (χ3n) is 2.86. The van der Waals surface area contributed by atoms with E-state index in [4.69, 9.17) is 16.3 Å². The standard InChI is InChI=1S/C14H20ClNO2/c1-4-5-13(16-10(2)14(17)18-3)11-6-8-12(15)9-7-11/h6-10,13,16H,4-5H2,1-3H3. The van der Waals surface area contributed by atoms with Gasteiger partial charge in [0.05, 0.1) is 7.11 Å². The molecule has 3 nitrogen and oxygen atoms in total. The fourth-order valence-electron chi connectivity index (χ4n) is 1.88. The summed E-state index contributed by atoms with van der Waals surface area (Å²) in [6, 6.07) is 7.52. The molecule has 1 N–H and O–H groups in total. The lowest BCUT2D eigenvalue weighted by Crippen LogP contribution is -2.37. The van der Waals surface area contributed by atoms with Crippen molar-refractivity contribution in [3.05, 3.63) is 34.9 Å². The highest BCUT2D eigenvalue weighted by atomic mass is 35.5. The van der Waals surface area contributed by atoms with E-state index in [1.165, 1.54) is 7.11 Å². The minimum Gasteiger partial charge on any atom is -0.468 e. The maximum atomic E-state index is 11.4. The van der Waals surface area contributed by atoms with E-state index in [2.05, 4.69) is 12.2 Å². The minimum absolute atomic E-state index is 0.140. The largest absolute Gasteiger partial charge is 0.468 e. The van der Waals surface area contributed by atoms with E-state index in [1.54, 1.807) is 0 Å². The Kier molecular flexibility index (Phi) is 6.16. The molecular formula is C14H20ClNO2. The molecule has 0 aliphatic heterocycles. The maximum Gasteiger partial charge on any atom is 0.322 e. The minimum atomic E-state index is -0.317.